The van der Waals surface area contributed by atoms with Crippen LogP contribution in [-0.2, 0) is 0 Å². The van der Waals surface area contributed by atoms with Crippen molar-refractivity contribution < 1.29 is 4.39 Å². The predicted octanol–water partition coefficient (Wildman–Crippen LogP) is 3.61. The number of hydrogen-bond acceptors (Lipinski definition) is 3. The second-order valence-corrected chi connectivity index (χ2v) is 5.59. The van der Waals surface area contributed by atoms with Gasteiger partial charge >= 0.3 is 0 Å². The summed E-state index contributed by atoms with van der Waals surface area (Å²) in [5.74, 6) is 0.330. The number of aryl methyl sites for hydroxylation is 1. The Labute approximate surface area is 124 Å². The summed E-state index contributed by atoms with van der Waals surface area (Å²) in [6, 6.07) is 13.9. The third kappa shape index (κ3) is 3.51. The smallest absolute Gasteiger partial charge is 0.214 e. The Kier molecular flexibility index (Phi) is 4.04. The molecule has 0 saturated carbocycles. The molecule has 1 aromatic carbocycles. The van der Waals surface area contributed by atoms with Crippen LogP contribution < -0.4 is 10.2 Å². The SMILES string of the molecule is Cc1cccc(NC2CCN(c3cccc(F)n3)CC2)c1. The maximum Gasteiger partial charge on any atom is 0.214 e. The molecule has 0 unspecified atom stereocenters. The Bertz CT molecular complexity index is 606. The molecule has 1 aliphatic heterocycles. The number of anilines is 2. The summed E-state index contributed by atoms with van der Waals surface area (Å²) in [6.45, 7) is 3.91. The fraction of sp³-hybridized carbons (Fsp3) is 0.353. The van der Waals surface area contributed by atoms with Gasteiger partial charge in [-0.05, 0) is 49.6 Å². The van der Waals surface area contributed by atoms with Crippen molar-refractivity contribution in [3.8, 4) is 0 Å². The zero-order valence-electron chi connectivity index (χ0n) is 12.2. The average molecular weight is 285 g/mol. The van der Waals surface area contributed by atoms with Crippen molar-refractivity contribution in [3.63, 3.8) is 0 Å². The van der Waals surface area contributed by atoms with Crippen LogP contribution in [0.25, 0.3) is 0 Å². The normalized spacial score (nSPS) is 16.0. The second kappa shape index (κ2) is 6.12. The molecule has 2 aromatic rings. The van der Waals surface area contributed by atoms with Crippen LogP contribution in [-0.4, -0.2) is 24.1 Å². The lowest BCUT2D eigenvalue weighted by atomic mass is 10.0. The molecule has 0 radical (unpaired) electrons. The number of rotatable bonds is 3. The predicted molar refractivity (Wildman–Crippen MR) is 84.2 cm³/mol. The Balaban J connectivity index is 1.58. The quantitative estimate of drug-likeness (QED) is 0.873. The van der Waals surface area contributed by atoms with E-state index < -0.39 is 5.95 Å². The van der Waals surface area contributed by atoms with Gasteiger partial charge in [0.05, 0.1) is 0 Å². The molecule has 1 N–H and O–H groups in total. The minimum atomic E-state index is -0.410. The minimum absolute atomic E-state index is 0.410. The van der Waals surface area contributed by atoms with E-state index in [4.69, 9.17) is 0 Å². The van der Waals surface area contributed by atoms with Crippen molar-refractivity contribution in [3.05, 3.63) is 54.0 Å². The zero-order chi connectivity index (χ0) is 14.7. The van der Waals surface area contributed by atoms with Crippen molar-refractivity contribution in [1.82, 2.24) is 4.98 Å². The van der Waals surface area contributed by atoms with E-state index in [1.165, 1.54) is 17.3 Å². The molecule has 0 amide bonds. The van der Waals surface area contributed by atoms with E-state index in [0.29, 0.717) is 6.04 Å². The fourth-order valence-corrected chi connectivity index (χ4v) is 2.80. The van der Waals surface area contributed by atoms with Gasteiger partial charge in [-0.1, -0.05) is 18.2 Å². The summed E-state index contributed by atoms with van der Waals surface area (Å²) in [7, 11) is 0. The van der Waals surface area contributed by atoms with Crippen LogP contribution >= 0.6 is 0 Å². The Morgan fingerprint density at radius 2 is 1.90 bits per heavy atom. The van der Waals surface area contributed by atoms with E-state index in [1.54, 1.807) is 6.07 Å². The van der Waals surface area contributed by atoms with Gasteiger partial charge in [0, 0.05) is 24.8 Å². The highest BCUT2D eigenvalue weighted by Gasteiger charge is 2.20. The summed E-state index contributed by atoms with van der Waals surface area (Å²) in [5.41, 5.74) is 2.44. The van der Waals surface area contributed by atoms with Crippen LogP contribution in [0.15, 0.2) is 42.5 Å². The van der Waals surface area contributed by atoms with Gasteiger partial charge in [0.25, 0.3) is 0 Å². The molecular formula is C17H20FN3. The Hall–Kier alpha value is -2.10. The highest BCUT2D eigenvalue weighted by molar-refractivity contribution is 5.47. The van der Waals surface area contributed by atoms with Crippen LogP contribution in [0, 0.1) is 12.9 Å². The van der Waals surface area contributed by atoms with Crippen LogP contribution in [0.2, 0.25) is 0 Å². The highest BCUT2D eigenvalue weighted by atomic mass is 19.1. The van der Waals surface area contributed by atoms with Gasteiger partial charge < -0.3 is 10.2 Å². The molecule has 21 heavy (non-hydrogen) atoms. The van der Waals surface area contributed by atoms with Crippen LogP contribution in [0.3, 0.4) is 0 Å². The van der Waals surface area contributed by atoms with E-state index in [0.717, 1.165) is 31.7 Å². The number of pyridine rings is 1. The molecule has 0 atom stereocenters. The van der Waals surface area contributed by atoms with Gasteiger partial charge in [-0.3, -0.25) is 0 Å². The van der Waals surface area contributed by atoms with E-state index in [2.05, 4.69) is 46.4 Å². The number of piperidine rings is 1. The third-order valence-electron chi connectivity index (χ3n) is 3.91. The maximum absolute atomic E-state index is 13.2. The number of nitrogens with one attached hydrogen (secondary N) is 1. The fourth-order valence-electron chi connectivity index (χ4n) is 2.80. The van der Waals surface area contributed by atoms with Crippen molar-refractivity contribution in [1.29, 1.82) is 0 Å². The molecule has 0 aliphatic carbocycles. The lowest BCUT2D eigenvalue weighted by Gasteiger charge is -2.33. The van der Waals surface area contributed by atoms with E-state index >= 15 is 0 Å². The van der Waals surface area contributed by atoms with Crippen molar-refractivity contribution in [2.75, 3.05) is 23.3 Å². The maximum atomic E-state index is 13.2. The van der Waals surface area contributed by atoms with Crippen molar-refractivity contribution in [2.45, 2.75) is 25.8 Å². The first-order valence-corrected chi connectivity index (χ1v) is 7.41. The Morgan fingerprint density at radius 3 is 2.62 bits per heavy atom. The summed E-state index contributed by atoms with van der Waals surface area (Å²) in [4.78, 5) is 6.11. The first-order chi connectivity index (χ1) is 10.2. The van der Waals surface area contributed by atoms with Gasteiger partial charge in [-0.15, -0.1) is 0 Å². The van der Waals surface area contributed by atoms with Gasteiger partial charge in [0.2, 0.25) is 5.95 Å². The van der Waals surface area contributed by atoms with Crippen molar-refractivity contribution in [2.24, 2.45) is 0 Å². The van der Waals surface area contributed by atoms with E-state index in [1.807, 2.05) is 6.07 Å². The summed E-state index contributed by atoms with van der Waals surface area (Å²) in [5, 5.41) is 3.58. The summed E-state index contributed by atoms with van der Waals surface area (Å²) < 4.78 is 13.2. The number of halogens is 1. The molecular weight excluding hydrogens is 265 g/mol. The third-order valence-corrected chi connectivity index (χ3v) is 3.91. The minimum Gasteiger partial charge on any atom is -0.382 e. The van der Waals surface area contributed by atoms with Gasteiger partial charge in [0.15, 0.2) is 0 Å². The molecule has 4 heteroatoms. The first-order valence-electron chi connectivity index (χ1n) is 7.41. The molecule has 1 aliphatic rings. The van der Waals surface area contributed by atoms with E-state index in [9.17, 15) is 4.39 Å². The van der Waals surface area contributed by atoms with Gasteiger partial charge in [0.1, 0.15) is 5.82 Å². The topological polar surface area (TPSA) is 28.2 Å². The lowest BCUT2D eigenvalue weighted by molar-refractivity contribution is 0.517. The van der Waals surface area contributed by atoms with Crippen molar-refractivity contribution >= 4 is 11.5 Å². The largest absolute Gasteiger partial charge is 0.382 e. The molecule has 1 fully saturated rings. The molecule has 1 aromatic heterocycles. The molecule has 3 rings (SSSR count). The number of hydrogen-bond donors (Lipinski definition) is 1. The molecule has 3 nitrogen and oxygen atoms in total. The molecule has 0 spiro atoms. The first kappa shape index (κ1) is 13.9. The number of benzene rings is 1. The molecule has 110 valence electrons. The standard InChI is InChI=1S/C17H20FN3/c1-13-4-2-5-15(12-13)19-14-8-10-21(11-9-14)17-7-3-6-16(18)20-17/h2-7,12,14,19H,8-11H2,1H3. The molecule has 2 heterocycles. The second-order valence-electron chi connectivity index (χ2n) is 5.59. The average Bonchev–Trinajstić information content (AvgIpc) is 2.48. The molecule has 1 saturated heterocycles. The highest BCUT2D eigenvalue weighted by Crippen LogP contribution is 2.21. The number of aromatic nitrogens is 1. The van der Waals surface area contributed by atoms with Crippen LogP contribution in [0.5, 0.6) is 0 Å². The van der Waals surface area contributed by atoms with Gasteiger partial charge in [-0.2, -0.15) is 4.39 Å². The lowest BCUT2D eigenvalue weighted by Crippen LogP contribution is -2.39. The monoisotopic (exact) mass is 285 g/mol. The van der Waals surface area contributed by atoms with Crippen LogP contribution in [0.4, 0.5) is 15.9 Å². The van der Waals surface area contributed by atoms with E-state index in [-0.39, 0.29) is 0 Å². The Morgan fingerprint density at radius 1 is 1.14 bits per heavy atom. The van der Waals surface area contributed by atoms with Crippen LogP contribution in [0.1, 0.15) is 18.4 Å². The van der Waals surface area contributed by atoms with Gasteiger partial charge in [-0.25, -0.2) is 4.98 Å². The summed E-state index contributed by atoms with van der Waals surface area (Å²) >= 11 is 0. The molecule has 0 bridgehead atoms. The zero-order valence-corrected chi connectivity index (χ0v) is 12.2. The number of nitrogens with zero attached hydrogens (tertiary/aromatic N) is 2. The summed E-state index contributed by atoms with van der Waals surface area (Å²) in [6.07, 6.45) is 2.07.